The molecule has 1 aromatic heterocycles. The average molecular weight is 419 g/mol. The molecular weight excluding hydrogens is 394 g/mol. The van der Waals surface area contributed by atoms with Crippen LogP contribution in [0.2, 0.25) is 0 Å². The first-order valence-corrected chi connectivity index (χ1v) is 10.4. The van der Waals surface area contributed by atoms with Crippen molar-refractivity contribution in [2.75, 3.05) is 13.7 Å². The molecule has 7 nitrogen and oxygen atoms in total. The van der Waals surface area contributed by atoms with Crippen LogP contribution < -0.4 is 5.32 Å². The smallest absolute Gasteiger partial charge is 0.328 e. The molecule has 0 saturated carbocycles. The lowest BCUT2D eigenvalue weighted by Gasteiger charge is -2.18. The molecule has 160 valence electrons. The SMILES string of the molecule is COC(=O)C(Cc1c[nH]c2ccccc12)NC(=O)CCCN1Cc2ccccc2C1=O. The maximum atomic E-state index is 12.5. The fraction of sp³-hybridized carbons (Fsp3) is 0.292. The van der Waals surface area contributed by atoms with Gasteiger partial charge in [-0.25, -0.2) is 4.79 Å². The van der Waals surface area contributed by atoms with Crippen molar-refractivity contribution >= 4 is 28.7 Å². The minimum absolute atomic E-state index is 0.00258. The Morgan fingerprint density at radius 3 is 2.74 bits per heavy atom. The van der Waals surface area contributed by atoms with Crippen LogP contribution in [0, 0.1) is 0 Å². The van der Waals surface area contributed by atoms with Gasteiger partial charge in [0.15, 0.2) is 0 Å². The van der Waals surface area contributed by atoms with Crippen molar-refractivity contribution in [2.24, 2.45) is 0 Å². The molecule has 0 bridgehead atoms. The summed E-state index contributed by atoms with van der Waals surface area (Å²) in [7, 11) is 1.31. The van der Waals surface area contributed by atoms with E-state index < -0.39 is 12.0 Å². The molecule has 1 unspecified atom stereocenters. The number of ether oxygens (including phenoxy) is 1. The van der Waals surface area contributed by atoms with Crippen LogP contribution in [0.4, 0.5) is 0 Å². The third kappa shape index (κ3) is 4.45. The number of esters is 1. The van der Waals surface area contributed by atoms with E-state index in [1.165, 1.54) is 7.11 Å². The summed E-state index contributed by atoms with van der Waals surface area (Å²) < 4.78 is 4.89. The summed E-state index contributed by atoms with van der Waals surface area (Å²) in [5.41, 5.74) is 3.66. The third-order valence-electron chi connectivity index (χ3n) is 5.65. The molecule has 1 atom stereocenters. The van der Waals surface area contributed by atoms with Crippen LogP contribution in [-0.2, 0) is 27.3 Å². The first-order valence-electron chi connectivity index (χ1n) is 10.4. The summed E-state index contributed by atoms with van der Waals surface area (Å²) in [5, 5.41) is 3.81. The highest BCUT2D eigenvalue weighted by atomic mass is 16.5. The Hall–Kier alpha value is -3.61. The summed E-state index contributed by atoms with van der Waals surface area (Å²) in [6.07, 6.45) is 2.93. The molecule has 1 aliphatic rings. The van der Waals surface area contributed by atoms with Crippen molar-refractivity contribution in [1.82, 2.24) is 15.2 Å². The lowest BCUT2D eigenvalue weighted by Crippen LogP contribution is -2.43. The van der Waals surface area contributed by atoms with Crippen LogP contribution in [0.1, 0.15) is 34.3 Å². The zero-order valence-corrected chi connectivity index (χ0v) is 17.4. The molecule has 2 aromatic carbocycles. The molecule has 2 amide bonds. The molecule has 0 radical (unpaired) electrons. The summed E-state index contributed by atoms with van der Waals surface area (Å²) in [6.45, 7) is 1.06. The molecule has 0 saturated heterocycles. The Balaban J connectivity index is 1.32. The normalized spacial score (nSPS) is 13.8. The maximum Gasteiger partial charge on any atom is 0.328 e. The number of hydrogen-bond acceptors (Lipinski definition) is 4. The predicted molar refractivity (Wildman–Crippen MR) is 116 cm³/mol. The maximum absolute atomic E-state index is 12.5. The quantitative estimate of drug-likeness (QED) is 0.549. The van der Waals surface area contributed by atoms with Crippen molar-refractivity contribution in [1.29, 1.82) is 0 Å². The van der Waals surface area contributed by atoms with Gasteiger partial charge in [-0.05, 0) is 29.7 Å². The summed E-state index contributed by atoms with van der Waals surface area (Å²) in [4.78, 5) is 42.1. The van der Waals surface area contributed by atoms with E-state index >= 15 is 0 Å². The number of para-hydroxylation sites is 1. The molecule has 2 heterocycles. The Kier molecular flexibility index (Phi) is 6.02. The largest absolute Gasteiger partial charge is 0.467 e. The van der Waals surface area contributed by atoms with Crippen LogP contribution in [0.5, 0.6) is 0 Å². The van der Waals surface area contributed by atoms with Crippen molar-refractivity contribution in [3.63, 3.8) is 0 Å². The number of nitrogens with zero attached hydrogens (tertiary/aromatic N) is 1. The first-order chi connectivity index (χ1) is 15.1. The summed E-state index contributed by atoms with van der Waals surface area (Å²) >= 11 is 0. The van der Waals surface area contributed by atoms with Crippen LogP contribution in [0.3, 0.4) is 0 Å². The topological polar surface area (TPSA) is 91.5 Å². The van der Waals surface area contributed by atoms with Gasteiger partial charge in [0, 0.05) is 48.6 Å². The zero-order chi connectivity index (χ0) is 21.8. The highest BCUT2D eigenvalue weighted by Crippen LogP contribution is 2.22. The molecule has 0 fully saturated rings. The van der Waals surface area contributed by atoms with Gasteiger partial charge in [0.1, 0.15) is 6.04 Å². The number of carbonyl (C=O) groups excluding carboxylic acids is 3. The van der Waals surface area contributed by atoms with Crippen LogP contribution in [-0.4, -0.2) is 47.4 Å². The van der Waals surface area contributed by atoms with E-state index in [1.54, 1.807) is 4.90 Å². The van der Waals surface area contributed by atoms with Gasteiger partial charge in [-0.15, -0.1) is 0 Å². The lowest BCUT2D eigenvalue weighted by molar-refractivity contribution is -0.145. The van der Waals surface area contributed by atoms with E-state index in [1.807, 2.05) is 54.7 Å². The summed E-state index contributed by atoms with van der Waals surface area (Å²) in [5.74, 6) is -0.717. The van der Waals surface area contributed by atoms with E-state index in [0.717, 1.165) is 27.6 Å². The van der Waals surface area contributed by atoms with E-state index in [2.05, 4.69) is 10.3 Å². The van der Waals surface area contributed by atoms with Crippen LogP contribution in [0.15, 0.2) is 54.7 Å². The standard InChI is InChI=1S/C24H25N3O4/c1-31-24(30)21(13-17-14-25-20-10-5-4-8-18(17)20)26-22(28)11-6-12-27-15-16-7-2-3-9-19(16)23(27)29/h2-5,7-10,14,21,25H,6,11-13,15H2,1H3,(H,26,28). The van der Waals surface area contributed by atoms with Gasteiger partial charge in [-0.3, -0.25) is 9.59 Å². The monoisotopic (exact) mass is 419 g/mol. The van der Waals surface area contributed by atoms with Crippen molar-refractivity contribution in [3.8, 4) is 0 Å². The van der Waals surface area contributed by atoms with Gasteiger partial charge in [0.2, 0.25) is 5.91 Å². The van der Waals surface area contributed by atoms with Crippen molar-refractivity contribution in [2.45, 2.75) is 31.8 Å². The second kappa shape index (κ2) is 9.04. The molecule has 0 spiro atoms. The molecule has 31 heavy (non-hydrogen) atoms. The second-order valence-corrected chi connectivity index (χ2v) is 7.69. The summed E-state index contributed by atoms with van der Waals surface area (Å²) in [6, 6.07) is 14.6. The molecule has 0 aliphatic carbocycles. The number of H-pyrrole nitrogens is 1. The zero-order valence-electron chi connectivity index (χ0n) is 17.4. The molecule has 2 N–H and O–H groups in total. The van der Waals surface area contributed by atoms with Crippen LogP contribution in [0.25, 0.3) is 10.9 Å². The number of carbonyl (C=O) groups is 3. The number of aromatic nitrogens is 1. The van der Waals surface area contributed by atoms with E-state index in [9.17, 15) is 14.4 Å². The highest BCUT2D eigenvalue weighted by molar-refractivity contribution is 5.98. The van der Waals surface area contributed by atoms with E-state index in [4.69, 9.17) is 4.74 Å². The van der Waals surface area contributed by atoms with Crippen molar-refractivity contribution in [3.05, 3.63) is 71.4 Å². The average Bonchev–Trinajstić information content (AvgIpc) is 3.34. The molecule has 7 heteroatoms. The highest BCUT2D eigenvalue weighted by Gasteiger charge is 2.27. The van der Waals surface area contributed by atoms with Gasteiger partial charge in [0.25, 0.3) is 5.91 Å². The Morgan fingerprint density at radius 1 is 1.16 bits per heavy atom. The fourth-order valence-corrected chi connectivity index (χ4v) is 4.05. The second-order valence-electron chi connectivity index (χ2n) is 7.69. The number of nitrogens with one attached hydrogen (secondary N) is 2. The number of hydrogen-bond donors (Lipinski definition) is 2. The number of amides is 2. The van der Waals surface area contributed by atoms with Gasteiger partial charge < -0.3 is 19.9 Å². The number of fused-ring (bicyclic) bond motifs is 2. The van der Waals surface area contributed by atoms with Gasteiger partial charge >= 0.3 is 5.97 Å². The number of benzene rings is 2. The Bertz CT molecular complexity index is 1120. The first kappa shape index (κ1) is 20.7. The third-order valence-corrected chi connectivity index (χ3v) is 5.65. The Morgan fingerprint density at radius 2 is 1.94 bits per heavy atom. The van der Waals surface area contributed by atoms with E-state index in [0.29, 0.717) is 25.9 Å². The van der Waals surface area contributed by atoms with Gasteiger partial charge in [-0.2, -0.15) is 0 Å². The fourth-order valence-electron chi connectivity index (χ4n) is 4.05. The Labute approximate surface area is 180 Å². The minimum atomic E-state index is -0.769. The minimum Gasteiger partial charge on any atom is -0.467 e. The van der Waals surface area contributed by atoms with Crippen LogP contribution >= 0.6 is 0 Å². The number of methoxy groups -OCH3 is 1. The number of rotatable bonds is 8. The van der Waals surface area contributed by atoms with Gasteiger partial charge in [0.05, 0.1) is 7.11 Å². The lowest BCUT2D eigenvalue weighted by atomic mass is 10.0. The number of aromatic amines is 1. The molecule has 1 aliphatic heterocycles. The van der Waals surface area contributed by atoms with Gasteiger partial charge in [-0.1, -0.05) is 36.4 Å². The predicted octanol–water partition coefficient (Wildman–Crippen LogP) is 2.80. The van der Waals surface area contributed by atoms with Crippen molar-refractivity contribution < 1.29 is 19.1 Å². The molecule has 4 rings (SSSR count). The van der Waals surface area contributed by atoms with E-state index in [-0.39, 0.29) is 18.2 Å². The molecular formula is C24H25N3O4. The molecule has 3 aromatic rings.